The SMILES string of the molecule is COc1cc2ccc3c4ccccc4nnc3c2cc1OC. The summed E-state index contributed by atoms with van der Waals surface area (Å²) in [5, 5.41) is 13.0. The van der Waals surface area contributed by atoms with Gasteiger partial charge in [-0.2, -0.15) is 0 Å². The van der Waals surface area contributed by atoms with E-state index in [0.717, 1.165) is 32.6 Å². The number of aromatic nitrogens is 2. The number of hydrogen-bond acceptors (Lipinski definition) is 4. The Morgan fingerprint density at radius 3 is 2.32 bits per heavy atom. The molecule has 4 aromatic rings. The second-order valence-corrected chi connectivity index (χ2v) is 5.11. The van der Waals surface area contributed by atoms with Crippen LogP contribution in [0.5, 0.6) is 11.5 Å². The lowest BCUT2D eigenvalue weighted by atomic mass is 10.0. The topological polar surface area (TPSA) is 44.2 Å². The molecule has 0 saturated heterocycles. The molecule has 4 nitrogen and oxygen atoms in total. The Labute approximate surface area is 127 Å². The van der Waals surface area contributed by atoms with Gasteiger partial charge >= 0.3 is 0 Å². The molecule has 4 heteroatoms. The molecule has 0 bridgehead atoms. The van der Waals surface area contributed by atoms with Gasteiger partial charge in [-0.15, -0.1) is 10.2 Å². The van der Waals surface area contributed by atoms with Crippen LogP contribution < -0.4 is 9.47 Å². The summed E-state index contributed by atoms with van der Waals surface area (Å²) in [5.41, 5.74) is 1.77. The van der Waals surface area contributed by atoms with Crippen molar-refractivity contribution in [2.75, 3.05) is 14.2 Å². The highest BCUT2D eigenvalue weighted by atomic mass is 16.5. The predicted octanol–water partition coefficient (Wildman–Crippen LogP) is 3.95. The standard InChI is InChI=1S/C18H14N2O2/c1-21-16-9-11-7-8-13-12-5-3-4-6-15(12)19-20-18(13)14(11)10-17(16)22-2/h3-10H,1-2H3. The number of rotatable bonds is 2. The minimum atomic E-state index is 0.692. The first-order valence-electron chi connectivity index (χ1n) is 7.01. The van der Waals surface area contributed by atoms with Crippen molar-refractivity contribution >= 4 is 32.6 Å². The van der Waals surface area contributed by atoms with Gasteiger partial charge in [0.05, 0.1) is 19.7 Å². The first-order valence-corrected chi connectivity index (χ1v) is 7.01. The van der Waals surface area contributed by atoms with E-state index in [-0.39, 0.29) is 0 Å². The molecule has 0 aliphatic rings. The van der Waals surface area contributed by atoms with Crippen LogP contribution in [0.25, 0.3) is 32.6 Å². The molecule has 0 unspecified atom stereocenters. The fourth-order valence-corrected chi connectivity index (χ4v) is 2.85. The maximum atomic E-state index is 5.41. The molecule has 0 atom stereocenters. The van der Waals surface area contributed by atoms with E-state index in [1.165, 1.54) is 0 Å². The number of nitrogens with zero attached hydrogens (tertiary/aromatic N) is 2. The van der Waals surface area contributed by atoms with E-state index in [9.17, 15) is 0 Å². The molecular weight excluding hydrogens is 276 g/mol. The molecule has 0 aliphatic heterocycles. The van der Waals surface area contributed by atoms with Crippen LogP contribution in [0.2, 0.25) is 0 Å². The van der Waals surface area contributed by atoms with Gasteiger partial charge in [-0.3, -0.25) is 0 Å². The van der Waals surface area contributed by atoms with Gasteiger partial charge < -0.3 is 9.47 Å². The third kappa shape index (κ3) is 1.77. The van der Waals surface area contributed by atoms with Gasteiger partial charge in [-0.1, -0.05) is 30.3 Å². The third-order valence-corrected chi connectivity index (χ3v) is 3.95. The van der Waals surface area contributed by atoms with Gasteiger partial charge in [-0.05, 0) is 23.6 Å². The normalized spacial score (nSPS) is 11.2. The Hall–Kier alpha value is -2.88. The fourth-order valence-electron chi connectivity index (χ4n) is 2.85. The molecule has 108 valence electrons. The number of benzene rings is 3. The minimum absolute atomic E-state index is 0.692. The van der Waals surface area contributed by atoms with Crippen LogP contribution in [0, 0.1) is 0 Å². The van der Waals surface area contributed by atoms with Crippen LogP contribution in [-0.4, -0.2) is 24.4 Å². The summed E-state index contributed by atoms with van der Waals surface area (Å²) in [4.78, 5) is 0. The van der Waals surface area contributed by atoms with Crippen LogP contribution in [-0.2, 0) is 0 Å². The highest BCUT2D eigenvalue weighted by molar-refractivity contribution is 6.14. The molecule has 1 heterocycles. The van der Waals surface area contributed by atoms with E-state index in [1.54, 1.807) is 14.2 Å². The molecule has 0 N–H and O–H groups in total. The predicted molar refractivity (Wildman–Crippen MR) is 87.7 cm³/mol. The Morgan fingerprint density at radius 2 is 1.50 bits per heavy atom. The van der Waals surface area contributed by atoms with E-state index in [4.69, 9.17) is 9.47 Å². The van der Waals surface area contributed by atoms with Crippen molar-refractivity contribution in [3.63, 3.8) is 0 Å². The highest BCUT2D eigenvalue weighted by Gasteiger charge is 2.11. The summed E-state index contributed by atoms with van der Waals surface area (Å²) >= 11 is 0. The summed E-state index contributed by atoms with van der Waals surface area (Å²) in [6, 6.07) is 16.1. The van der Waals surface area contributed by atoms with Gasteiger partial charge in [0.25, 0.3) is 0 Å². The van der Waals surface area contributed by atoms with Crippen molar-refractivity contribution in [2.45, 2.75) is 0 Å². The molecule has 0 amide bonds. The smallest absolute Gasteiger partial charge is 0.161 e. The zero-order chi connectivity index (χ0) is 15.1. The molecule has 0 spiro atoms. The molecular formula is C18H14N2O2. The summed E-state index contributed by atoms with van der Waals surface area (Å²) in [7, 11) is 3.27. The van der Waals surface area contributed by atoms with E-state index < -0.39 is 0 Å². The Morgan fingerprint density at radius 1 is 0.727 bits per heavy atom. The molecule has 0 radical (unpaired) electrons. The van der Waals surface area contributed by atoms with Crippen molar-refractivity contribution < 1.29 is 9.47 Å². The van der Waals surface area contributed by atoms with Crippen LogP contribution in [0.3, 0.4) is 0 Å². The van der Waals surface area contributed by atoms with E-state index in [1.807, 2.05) is 30.3 Å². The van der Waals surface area contributed by atoms with Crippen LogP contribution >= 0.6 is 0 Å². The lowest BCUT2D eigenvalue weighted by Crippen LogP contribution is -1.93. The van der Waals surface area contributed by atoms with E-state index >= 15 is 0 Å². The van der Waals surface area contributed by atoms with Crippen LogP contribution in [0.4, 0.5) is 0 Å². The number of ether oxygens (including phenoxy) is 2. The third-order valence-electron chi connectivity index (χ3n) is 3.95. The van der Waals surface area contributed by atoms with Crippen LogP contribution in [0.1, 0.15) is 0 Å². The molecule has 0 fully saturated rings. The van der Waals surface area contributed by atoms with Gasteiger partial charge in [0.1, 0.15) is 5.52 Å². The van der Waals surface area contributed by atoms with Crippen molar-refractivity contribution in [1.82, 2.24) is 10.2 Å². The summed E-state index contributed by atoms with van der Waals surface area (Å²) < 4.78 is 10.8. The van der Waals surface area contributed by atoms with Crippen molar-refractivity contribution in [1.29, 1.82) is 0 Å². The highest BCUT2D eigenvalue weighted by Crippen LogP contribution is 2.36. The van der Waals surface area contributed by atoms with E-state index in [0.29, 0.717) is 11.5 Å². The summed E-state index contributed by atoms with van der Waals surface area (Å²) in [6.07, 6.45) is 0. The minimum Gasteiger partial charge on any atom is -0.493 e. The second kappa shape index (κ2) is 4.84. The second-order valence-electron chi connectivity index (χ2n) is 5.11. The molecule has 0 saturated carbocycles. The summed E-state index contributed by atoms with van der Waals surface area (Å²) in [5.74, 6) is 1.40. The average Bonchev–Trinajstić information content (AvgIpc) is 2.59. The zero-order valence-corrected chi connectivity index (χ0v) is 12.3. The number of methoxy groups -OCH3 is 2. The fraction of sp³-hybridized carbons (Fsp3) is 0.111. The molecule has 4 rings (SSSR count). The molecule has 3 aromatic carbocycles. The maximum Gasteiger partial charge on any atom is 0.161 e. The lowest BCUT2D eigenvalue weighted by Gasteiger charge is -2.11. The van der Waals surface area contributed by atoms with Crippen molar-refractivity contribution in [3.05, 3.63) is 48.5 Å². The van der Waals surface area contributed by atoms with Gasteiger partial charge in [0.2, 0.25) is 0 Å². The maximum absolute atomic E-state index is 5.41. The van der Waals surface area contributed by atoms with Gasteiger partial charge in [0, 0.05) is 16.2 Å². The zero-order valence-electron chi connectivity index (χ0n) is 12.3. The number of hydrogen-bond donors (Lipinski definition) is 0. The molecule has 0 aliphatic carbocycles. The summed E-state index contributed by atoms with van der Waals surface area (Å²) in [6.45, 7) is 0. The monoisotopic (exact) mass is 290 g/mol. The van der Waals surface area contributed by atoms with Gasteiger partial charge in [-0.25, -0.2) is 0 Å². The molecule has 1 aromatic heterocycles. The van der Waals surface area contributed by atoms with E-state index in [2.05, 4.69) is 28.4 Å². The largest absolute Gasteiger partial charge is 0.493 e. The Bertz CT molecular complexity index is 1010. The average molecular weight is 290 g/mol. The van der Waals surface area contributed by atoms with Crippen molar-refractivity contribution in [3.8, 4) is 11.5 Å². The Kier molecular flexibility index (Phi) is 2.82. The molecule has 22 heavy (non-hydrogen) atoms. The van der Waals surface area contributed by atoms with Crippen molar-refractivity contribution in [2.24, 2.45) is 0 Å². The first kappa shape index (κ1) is 12.8. The quantitative estimate of drug-likeness (QED) is 0.524. The van der Waals surface area contributed by atoms with Crippen LogP contribution in [0.15, 0.2) is 48.5 Å². The first-order chi connectivity index (χ1) is 10.8. The van der Waals surface area contributed by atoms with Gasteiger partial charge in [0.15, 0.2) is 11.5 Å². The number of fused-ring (bicyclic) bond motifs is 5. The lowest BCUT2D eigenvalue weighted by molar-refractivity contribution is 0.356. The Balaban J connectivity index is 2.16.